The molecule has 0 spiro atoms. The molecule has 1 aliphatic heterocycles. The molecule has 25 heavy (non-hydrogen) atoms. The monoisotopic (exact) mass is 351 g/mol. The second kappa shape index (κ2) is 6.85. The maximum atomic E-state index is 5.97. The third-order valence-electron chi connectivity index (χ3n) is 3.62. The van der Waals surface area contributed by atoms with Gasteiger partial charge in [-0.3, -0.25) is 4.99 Å². The van der Waals surface area contributed by atoms with Crippen LogP contribution in [0.3, 0.4) is 0 Å². The fourth-order valence-corrected chi connectivity index (χ4v) is 2.69. The standard InChI is InChI=1S/C21H22ClN3/c1-14-6-5-7-15(12-14)18-13-19(25-21(2,3)4)20(24-18)23-17-10-8-16(22)9-11-17/h5-13H,1-4H3,(H,23,24,25). The van der Waals surface area contributed by atoms with Crippen LogP contribution in [-0.4, -0.2) is 17.1 Å². The molecule has 1 aliphatic rings. The van der Waals surface area contributed by atoms with E-state index in [1.165, 1.54) is 5.56 Å². The molecule has 0 bridgehead atoms. The van der Waals surface area contributed by atoms with Gasteiger partial charge in [-0.25, -0.2) is 4.99 Å². The molecule has 1 heterocycles. The molecule has 0 unspecified atom stereocenters. The van der Waals surface area contributed by atoms with Gasteiger partial charge in [0.05, 0.1) is 11.2 Å². The minimum absolute atomic E-state index is 0.184. The van der Waals surface area contributed by atoms with Crippen molar-refractivity contribution in [3.63, 3.8) is 0 Å². The summed E-state index contributed by atoms with van der Waals surface area (Å²) in [5.41, 5.74) is 4.83. The predicted octanol–water partition coefficient (Wildman–Crippen LogP) is 5.75. The summed E-state index contributed by atoms with van der Waals surface area (Å²) in [6, 6.07) is 15.9. The number of aliphatic imine (C=N–C) groups is 2. The fourth-order valence-electron chi connectivity index (χ4n) is 2.57. The number of anilines is 1. The smallest absolute Gasteiger partial charge is 0.156 e. The summed E-state index contributed by atoms with van der Waals surface area (Å²) in [5, 5.41) is 4.07. The second-order valence-corrected chi connectivity index (χ2v) is 7.60. The van der Waals surface area contributed by atoms with Crippen LogP contribution in [0.4, 0.5) is 5.69 Å². The summed E-state index contributed by atoms with van der Waals surface area (Å²) >= 11 is 5.97. The molecule has 128 valence electrons. The Morgan fingerprint density at radius 3 is 2.40 bits per heavy atom. The highest BCUT2D eigenvalue weighted by Gasteiger charge is 2.20. The van der Waals surface area contributed by atoms with E-state index in [-0.39, 0.29) is 5.54 Å². The normalized spacial score (nSPS) is 16.0. The van der Waals surface area contributed by atoms with E-state index < -0.39 is 0 Å². The minimum atomic E-state index is -0.184. The summed E-state index contributed by atoms with van der Waals surface area (Å²) in [4.78, 5) is 9.61. The van der Waals surface area contributed by atoms with Crippen LogP contribution in [0.1, 0.15) is 31.9 Å². The molecule has 0 saturated heterocycles. The van der Waals surface area contributed by atoms with Crippen LogP contribution in [0, 0.1) is 6.92 Å². The molecule has 0 radical (unpaired) electrons. The van der Waals surface area contributed by atoms with Crippen molar-refractivity contribution >= 4 is 34.5 Å². The van der Waals surface area contributed by atoms with Gasteiger partial charge in [-0.15, -0.1) is 0 Å². The Hall–Kier alpha value is -2.39. The van der Waals surface area contributed by atoms with E-state index in [2.05, 4.69) is 51.2 Å². The lowest BCUT2D eigenvalue weighted by Crippen LogP contribution is -2.23. The average molecular weight is 352 g/mol. The quantitative estimate of drug-likeness (QED) is 0.734. The van der Waals surface area contributed by atoms with Gasteiger partial charge in [0.1, 0.15) is 5.71 Å². The molecule has 2 aromatic rings. The molecule has 2 aromatic carbocycles. The minimum Gasteiger partial charge on any atom is -0.338 e. The van der Waals surface area contributed by atoms with E-state index in [1.54, 1.807) is 0 Å². The Balaban J connectivity index is 1.97. The van der Waals surface area contributed by atoms with Crippen molar-refractivity contribution in [2.24, 2.45) is 9.98 Å². The molecule has 0 fully saturated rings. The Morgan fingerprint density at radius 1 is 1.04 bits per heavy atom. The number of benzene rings is 2. The van der Waals surface area contributed by atoms with E-state index in [4.69, 9.17) is 21.6 Å². The summed E-state index contributed by atoms with van der Waals surface area (Å²) in [5.74, 6) is 0.758. The Bertz CT molecular complexity index is 869. The van der Waals surface area contributed by atoms with Crippen LogP contribution in [0.2, 0.25) is 5.02 Å². The second-order valence-electron chi connectivity index (χ2n) is 7.16. The zero-order valence-electron chi connectivity index (χ0n) is 15.0. The predicted molar refractivity (Wildman–Crippen MR) is 109 cm³/mol. The molecule has 0 amide bonds. The maximum Gasteiger partial charge on any atom is 0.156 e. The van der Waals surface area contributed by atoms with Gasteiger partial charge in [-0.1, -0.05) is 35.4 Å². The first-order valence-corrected chi connectivity index (χ1v) is 8.68. The van der Waals surface area contributed by atoms with E-state index >= 15 is 0 Å². The van der Waals surface area contributed by atoms with Gasteiger partial charge in [0.2, 0.25) is 0 Å². The van der Waals surface area contributed by atoms with Gasteiger partial charge in [-0.05, 0) is 64.1 Å². The largest absolute Gasteiger partial charge is 0.338 e. The molecular weight excluding hydrogens is 330 g/mol. The maximum absolute atomic E-state index is 5.97. The Morgan fingerprint density at radius 2 is 1.76 bits per heavy atom. The number of rotatable bonds is 2. The summed E-state index contributed by atoms with van der Waals surface area (Å²) < 4.78 is 0. The van der Waals surface area contributed by atoms with Gasteiger partial charge in [0, 0.05) is 16.3 Å². The molecule has 0 aromatic heterocycles. The van der Waals surface area contributed by atoms with Gasteiger partial charge >= 0.3 is 0 Å². The van der Waals surface area contributed by atoms with Crippen LogP contribution in [0.15, 0.2) is 64.6 Å². The van der Waals surface area contributed by atoms with Crippen LogP contribution >= 0.6 is 11.6 Å². The zero-order valence-corrected chi connectivity index (χ0v) is 15.7. The number of halogens is 1. The first kappa shape index (κ1) is 17.4. The van der Waals surface area contributed by atoms with Crippen LogP contribution in [-0.2, 0) is 0 Å². The summed E-state index contributed by atoms with van der Waals surface area (Å²) in [6.07, 6.45) is 2.04. The number of hydrogen-bond donors (Lipinski definition) is 1. The topological polar surface area (TPSA) is 36.8 Å². The highest BCUT2D eigenvalue weighted by molar-refractivity contribution is 6.53. The molecule has 4 heteroatoms. The van der Waals surface area contributed by atoms with Crippen molar-refractivity contribution in [3.05, 3.63) is 70.8 Å². The van der Waals surface area contributed by atoms with Crippen molar-refractivity contribution in [2.45, 2.75) is 33.2 Å². The number of nitrogens with zero attached hydrogens (tertiary/aromatic N) is 2. The van der Waals surface area contributed by atoms with Crippen LogP contribution in [0.5, 0.6) is 0 Å². The van der Waals surface area contributed by atoms with E-state index in [0.717, 1.165) is 28.5 Å². The van der Waals surface area contributed by atoms with Crippen LogP contribution in [0.25, 0.3) is 5.70 Å². The zero-order chi connectivity index (χ0) is 18.0. The Labute approximate surface area is 154 Å². The van der Waals surface area contributed by atoms with E-state index in [1.807, 2.05) is 36.4 Å². The molecule has 3 rings (SSSR count). The van der Waals surface area contributed by atoms with Crippen molar-refractivity contribution in [3.8, 4) is 0 Å². The number of nitrogens with one attached hydrogen (secondary N) is 1. The van der Waals surface area contributed by atoms with Crippen molar-refractivity contribution in [2.75, 3.05) is 5.32 Å². The molecular formula is C21H22ClN3. The fraction of sp³-hybridized carbons (Fsp3) is 0.238. The lowest BCUT2D eigenvalue weighted by molar-refractivity contribution is 0.585. The average Bonchev–Trinajstić information content (AvgIpc) is 2.90. The van der Waals surface area contributed by atoms with Crippen molar-refractivity contribution in [1.82, 2.24) is 0 Å². The SMILES string of the molecule is Cc1cccc(C2=CC(=NC(C)(C)C)C(Nc3ccc(Cl)cc3)=N2)c1. The third-order valence-corrected chi connectivity index (χ3v) is 3.88. The molecule has 1 N–H and O–H groups in total. The van der Waals surface area contributed by atoms with E-state index in [0.29, 0.717) is 5.02 Å². The number of amidine groups is 1. The summed E-state index contributed by atoms with van der Waals surface area (Å²) in [6.45, 7) is 8.33. The number of aryl methyl sites for hydroxylation is 1. The summed E-state index contributed by atoms with van der Waals surface area (Å²) in [7, 11) is 0. The Kier molecular flexibility index (Phi) is 4.78. The molecule has 0 atom stereocenters. The van der Waals surface area contributed by atoms with Gasteiger partial charge in [0.15, 0.2) is 5.84 Å². The van der Waals surface area contributed by atoms with Gasteiger partial charge in [0.25, 0.3) is 0 Å². The van der Waals surface area contributed by atoms with Gasteiger partial charge < -0.3 is 5.32 Å². The highest BCUT2D eigenvalue weighted by Crippen LogP contribution is 2.24. The van der Waals surface area contributed by atoms with E-state index in [9.17, 15) is 0 Å². The van der Waals surface area contributed by atoms with Gasteiger partial charge in [-0.2, -0.15) is 0 Å². The lowest BCUT2D eigenvalue weighted by Gasteiger charge is -2.14. The van der Waals surface area contributed by atoms with Crippen molar-refractivity contribution < 1.29 is 0 Å². The number of hydrogen-bond acceptors (Lipinski definition) is 3. The molecule has 3 nitrogen and oxygen atoms in total. The highest BCUT2D eigenvalue weighted by atomic mass is 35.5. The molecule has 0 saturated carbocycles. The molecule has 0 aliphatic carbocycles. The third kappa shape index (κ3) is 4.58. The van der Waals surface area contributed by atoms with Crippen LogP contribution < -0.4 is 5.32 Å². The first-order chi connectivity index (χ1) is 11.8. The first-order valence-electron chi connectivity index (χ1n) is 8.30. The van der Waals surface area contributed by atoms with Crippen molar-refractivity contribution in [1.29, 1.82) is 0 Å². The lowest BCUT2D eigenvalue weighted by atomic mass is 10.1.